The van der Waals surface area contributed by atoms with E-state index in [4.69, 9.17) is 65.4 Å². The highest BCUT2D eigenvalue weighted by atomic mass is 35.5. The highest BCUT2D eigenvalue weighted by Gasteiger charge is 2.31. The molecule has 13 nitrogen and oxygen atoms in total. The largest absolute Gasteiger partial charge is 0.463 e. The zero-order valence-corrected chi connectivity index (χ0v) is 37.0. The Hall–Kier alpha value is -4.87. The number of nitrogens with zero attached hydrogens (tertiary/aromatic N) is 3. The van der Waals surface area contributed by atoms with E-state index in [0.717, 1.165) is 60.0 Å². The van der Waals surface area contributed by atoms with Gasteiger partial charge in [0.05, 0.1) is 27.8 Å². The molecule has 0 aliphatic carbocycles. The summed E-state index contributed by atoms with van der Waals surface area (Å²) in [5, 5.41) is 10.9. The van der Waals surface area contributed by atoms with Crippen molar-refractivity contribution in [3.63, 3.8) is 0 Å². The first-order valence-corrected chi connectivity index (χ1v) is 20.0. The molecule has 20 heteroatoms. The maximum Gasteiger partial charge on any atom is 0.416 e. The van der Waals surface area contributed by atoms with Gasteiger partial charge in [-0.1, -0.05) is 79.0 Å². The average molecular weight is 940 g/mol. The van der Waals surface area contributed by atoms with Crippen molar-refractivity contribution in [2.45, 2.75) is 57.7 Å². The number of esters is 2. The molecule has 0 aliphatic heterocycles. The third-order valence-corrected chi connectivity index (χ3v) is 8.78. The number of para-hydroxylation sites is 1. The van der Waals surface area contributed by atoms with E-state index in [1.54, 1.807) is 31.1 Å². The molecule has 0 saturated carbocycles. The van der Waals surface area contributed by atoms with Crippen LogP contribution in [0.4, 0.5) is 24.5 Å². The Labute approximate surface area is 372 Å². The summed E-state index contributed by atoms with van der Waals surface area (Å²) in [5.41, 5.74) is 1.07. The monoisotopic (exact) mass is 937 g/mol. The van der Waals surface area contributed by atoms with Crippen molar-refractivity contribution in [1.29, 1.82) is 0 Å². The first-order chi connectivity index (χ1) is 28.8. The molecule has 0 saturated heterocycles. The van der Waals surface area contributed by atoms with Crippen molar-refractivity contribution < 1.29 is 56.2 Å². The Morgan fingerprint density at radius 2 is 1.54 bits per heavy atom. The molecule has 3 rings (SSSR count). The maximum absolute atomic E-state index is 12.8. The molecular formula is C41H46Cl4F3N3O10. The normalized spacial score (nSPS) is 11.1. The predicted octanol–water partition coefficient (Wildman–Crippen LogP) is 10.1. The smallest absolute Gasteiger partial charge is 0.416 e. The molecule has 61 heavy (non-hydrogen) atoms. The van der Waals surface area contributed by atoms with Crippen LogP contribution in [0.15, 0.2) is 79.9 Å². The number of benzene rings is 3. The molecule has 0 spiro atoms. The minimum absolute atomic E-state index is 0.0371. The predicted molar refractivity (Wildman–Crippen MR) is 229 cm³/mol. The van der Waals surface area contributed by atoms with Gasteiger partial charge in [-0.3, -0.25) is 24.6 Å². The Morgan fingerprint density at radius 3 is 1.98 bits per heavy atom. The molecule has 0 heterocycles. The summed E-state index contributed by atoms with van der Waals surface area (Å²) in [7, 11) is 1.58. The molecule has 3 aromatic rings. The summed E-state index contributed by atoms with van der Waals surface area (Å²) in [6.45, 7) is 15.1. The second-order valence-corrected chi connectivity index (χ2v) is 13.9. The number of ether oxygens (including phenoxy) is 4. The molecule has 2 amide bonds. The fourth-order valence-corrected chi connectivity index (χ4v) is 5.69. The van der Waals surface area contributed by atoms with Crippen molar-refractivity contribution in [3.05, 3.63) is 117 Å². The average Bonchev–Trinajstić information content (AvgIpc) is 3.22. The van der Waals surface area contributed by atoms with Crippen LogP contribution in [0.1, 0.15) is 54.7 Å². The van der Waals surface area contributed by atoms with Crippen LogP contribution in [0.25, 0.3) is 0 Å². The van der Waals surface area contributed by atoms with Crippen molar-refractivity contribution >= 4 is 81.5 Å². The van der Waals surface area contributed by atoms with E-state index < -0.39 is 50.8 Å². The number of aryl methyl sites for hydroxylation is 2. The minimum Gasteiger partial charge on any atom is -0.463 e. The zero-order valence-electron chi connectivity index (χ0n) is 33.9. The van der Waals surface area contributed by atoms with Crippen LogP contribution >= 0.6 is 46.4 Å². The van der Waals surface area contributed by atoms with Gasteiger partial charge in [-0.25, -0.2) is 9.59 Å². The van der Waals surface area contributed by atoms with Gasteiger partial charge in [0.2, 0.25) is 5.91 Å². The molecule has 0 N–H and O–H groups in total. The summed E-state index contributed by atoms with van der Waals surface area (Å²) in [6, 6.07) is 11.5. The summed E-state index contributed by atoms with van der Waals surface area (Å²) in [4.78, 5) is 59.6. The third-order valence-electron chi connectivity index (χ3n) is 7.88. The molecule has 0 radical (unpaired) electrons. The molecule has 3 aromatic carbocycles. The highest BCUT2D eigenvalue weighted by molar-refractivity contribution is 6.53. The number of carbonyl (C=O) groups excluding carboxylic acids is 4. The topological polar surface area (TPSA) is 155 Å². The van der Waals surface area contributed by atoms with E-state index in [1.165, 1.54) is 11.8 Å². The Kier molecular flexibility index (Phi) is 24.1. The van der Waals surface area contributed by atoms with E-state index in [-0.39, 0.29) is 47.6 Å². The Bertz CT molecular complexity index is 1950. The van der Waals surface area contributed by atoms with Gasteiger partial charge in [0.1, 0.15) is 29.7 Å². The van der Waals surface area contributed by atoms with Gasteiger partial charge in [0.25, 0.3) is 11.6 Å². The summed E-state index contributed by atoms with van der Waals surface area (Å²) >= 11 is 22.3. The standard InChI is InChI=1S/C19H15ClF3NO7.C14H20ClNO2.C8H11Cl2NO/c1-3-29-17(25)10(2)30-18(26)13-9-12(5-6-15(13)24(27)28)31-16-7-4-11(8-14(16)20)19(21,22)23;1-4-11-7-6-8-12(5-2)14(11)16(10-18-3)13(17)9-15;1-3-5-11(6-4-2)8(12)7(9)10/h4-10H,3H2,1-2H3;6-8H,4-5,9-10H2,1-3H3;3-4,7H,1-2,5-6H2. The number of halogens is 7. The lowest BCUT2D eigenvalue weighted by atomic mass is 10.0. The SMILES string of the molecule is C=CCN(CC=C)C(=O)C(Cl)Cl.CCOC(=O)C(C)OC(=O)c1cc(Oc2ccc(C(F)(F)F)cc2Cl)ccc1[N+](=O)[O-].CCc1cccc(CC)c1N(COC)C(=O)CCl. The molecule has 0 bridgehead atoms. The molecule has 0 aromatic heterocycles. The van der Waals surface area contributed by atoms with E-state index >= 15 is 0 Å². The van der Waals surface area contributed by atoms with Crippen molar-refractivity contribution in [2.75, 3.05) is 44.3 Å². The number of alkyl halides is 6. The highest BCUT2D eigenvalue weighted by Crippen LogP contribution is 2.37. The Morgan fingerprint density at radius 1 is 0.951 bits per heavy atom. The van der Waals surface area contributed by atoms with Gasteiger partial charge in [0, 0.05) is 32.3 Å². The van der Waals surface area contributed by atoms with E-state index in [2.05, 4.69) is 27.0 Å². The number of amides is 2. The van der Waals surface area contributed by atoms with Gasteiger partial charge >= 0.3 is 18.1 Å². The second-order valence-electron chi connectivity index (χ2n) is 12.1. The fourth-order valence-electron chi connectivity index (χ4n) is 5.05. The quantitative estimate of drug-likeness (QED) is 0.0301. The summed E-state index contributed by atoms with van der Waals surface area (Å²) in [5.74, 6) is -2.85. The van der Waals surface area contributed by atoms with Crippen LogP contribution in [0, 0.1) is 10.1 Å². The number of carbonyl (C=O) groups is 4. The van der Waals surface area contributed by atoms with Gasteiger partial charge in [-0.05, 0) is 62.1 Å². The van der Waals surface area contributed by atoms with Gasteiger partial charge in [-0.2, -0.15) is 13.2 Å². The van der Waals surface area contributed by atoms with E-state index in [0.29, 0.717) is 19.2 Å². The third kappa shape index (κ3) is 17.2. The number of hydrogen-bond acceptors (Lipinski definition) is 10. The van der Waals surface area contributed by atoms with E-state index in [1.807, 2.05) is 18.2 Å². The lowest BCUT2D eigenvalue weighted by Crippen LogP contribution is -2.35. The zero-order chi connectivity index (χ0) is 46.4. The van der Waals surface area contributed by atoms with Crippen molar-refractivity contribution in [1.82, 2.24) is 4.90 Å². The van der Waals surface area contributed by atoms with Crippen LogP contribution in [0.5, 0.6) is 11.5 Å². The first kappa shape index (κ1) is 54.1. The van der Waals surface area contributed by atoms with Crippen LogP contribution in [0.3, 0.4) is 0 Å². The number of anilines is 1. The number of nitro benzene ring substituents is 1. The van der Waals surface area contributed by atoms with E-state index in [9.17, 15) is 42.5 Å². The van der Waals surface area contributed by atoms with Crippen LogP contribution < -0.4 is 9.64 Å². The number of hydrogen-bond donors (Lipinski definition) is 0. The van der Waals surface area contributed by atoms with Crippen LogP contribution in [-0.2, 0) is 47.6 Å². The fraction of sp³-hybridized carbons (Fsp3) is 0.366. The van der Waals surface area contributed by atoms with Crippen LogP contribution in [-0.4, -0.2) is 83.9 Å². The minimum atomic E-state index is -4.61. The molecule has 1 atom stereocenters. The number of nitro groups is 1. The van der Waals surface area contributed by atoms with Crippen LogP contribution in [0.2, 0.25) is 5.02 Å². The molecule has 1 unspecified atom stereocenters. The molecule has 0 fully saturated rings. The molecule has 334 valence electrons. The number of rotatable bonds is 18. The number of methoxy groups -OCH3 is 1. The lowest BCUT2D eigenvalue weighted by molar-refractivity contribution is -0.385. The van der Waals surface area contributed by atoms with Gasteiger partial charge in [0.15, 0.2) is 10.9 Å². The molecule has 0 aliphatic rings. The summed E-state index contributed by atoms with van der Waals surface area (Å²) < 4.78 is 58.3. The summed E-state index contributed by atoms with van der Waals surface area (Å²) in [6.07, 6.45) is -0.976. The van der Waals surface area contributed by atoms with Gasteiger partial charge < -0.3 is 23.8 Å². The van der Waals surface area contributed by atoms with Crippen molar-refractivity contribution in [3.8, 4) is 11.5 Å². The van der Waals surface area contributed by atoms with Crippen molar-refractivity contribution in [2.24, 2.45) is 0 Å². The lowest BCUT2D eigenvalue weighted by Gasteiger charge is -2.26. The maximum atomic E-state index is 12.8. The first-order valence-electron chi connectivity index (χ1n) is 18.2. The van der Waals surface area contributed by atoms with Gasteiger partial charge in [-0.15, -0.1) is 24.8 Å². The second kappa shape index (κ2) is 27.2. The Balaban J connectivity index is 0.000000521. The molecular weight excluding hydrogens is 893 g/mol.